The molecule has 0 saturated carbocycles. The summed E-state index contributed by atoms with van der Waals surface area (Å²) in [6.07, 6.45) is 3.01. The fourth-order valence-corrected chi connectivity index (χ4v) is 4.25. The van der Waals surface area contributed by atoms with Crippen molar-refractivity contribution in [3.8, 4) is 5.75 Å². The molecule has 1 aliphatic heterocycles. The summed E-state index contributed by atoms with van der Waals surface area (Å²) in [5, 5.41) is 21.8. The highest BCUT2D eigenvalue weighted by molar-refractivity contribution is 6.13. The highest BCUT2D eigenvalue weighted by atomic mass is 19.1. The molecule has 1 atom stereocenters. The number of aliphatic hydroxyl groups excluding tert-OH is 2. The smallest absolute Gasteiger partial charge is 0.200 e. The summed E-state index contributed by atoms with van der Waals surface area (Å²) in [5.41, 5.74) is -0.222. The molecular formula is C24H23FO4. The van der Waals surface area contributed by atoms with E-state index in [0.717, 1.165) is 12.8 Å². The van der Waals surface area contributed by atoms with Gasteiger partial charge in [0.2, 0.25) is 0 Å². The van der Waals surface area contributed by atoms with Crippen LogP contribution < -0.4 is 4.74 Å². The molecule has 5 heteroatoms. The summed E-state index contributed by atoms with van der Waals surface area (Å²) < 4.78 is 20.5. The van der Waals surface area contributed by atoms with Gasteiger partial charge in [0, 0.05) is 5.57 Å². The van der Waals surface area contributed by atoms with E-state index in [4.69, 9.17) is 4.74 Å². The normalized spacial score (nSPS) is 22.6. The lowest BCUT2D eigenvalue weighted by molar-refractivity contribution is 0.0536. The molecule has 2 aliphatic rings. The van der Waals surface area contributed by atoms with Crippen molar-refractivity contribution in [2.75, 3.05) is 0 Å². The molecule has 29 heavy (non-hydrogen) atoms. The van der Waals surface area contributed by atoms with E-state index in [1.54, 1.807) is 24.3 Å². The van der Waals surface area contributed by atoms with E-state index in [0.29, 0.717) is 24.2 Å². The van der Waals surface area contributed by atoms with Crippen molar-refractivity contribution in [2.45, 2.75) is 44.6 Å². The molecule has 0 spiro atoms. The number of hydrogen-bond acceptors (Lipinski definition) is 4. The number of aliphatic hydroxyl groups is 2. The van der Waals surface area contributed by atoms with E-state index in [-0.39, 0.29) is 40.4 Å². The second-order valence-electron chi connectivity index (χ2n) is 7.56. The second-order valence-corrected chi connectivity index (χ2v) is 7.56. The number of ketones is 1. The van der Waals surface area contributed by atoms with Crippen LogP contribution in [0.2, 0.25) is 0 Å². The molecule has 1 unspecified atom stereocenters. The minimum absolute atomic E-state index is 0.000264. The van der Waals surface area contributed by atoms with Crippen molar-refractivity contribution in [1.82, 2.24) is 0 Å². The minimum Gasteiger partial charge on any atom is -0.507 e. The molecule has 2 aromatic carbocycles. The molecule has 4 rings (SSSR count). The van der Waals surface area contributed by atoms with Gasteiger partial charge in [0.25, 0.3) is 0 Å². The lowest BCUT2D eigenvalue weighted by Crippen LogP contribution is -2.47. The molecule has 2 N–H and O–H groups in total. The third-order valence-electron chi connectivity index (χ3n) is 5.77. The van der Waals surface area contributed by atoms with Crippen molar-refractivity contribution < 1.29 is 24.1 Å². The van der Waals surface area contributed by atoms with Crippen molar-refractivity contribution in [2.24, 2.45) is 0 Å². The van der Waals surface area contributed by atoms with Crippen LogP contribution in [0.1, 0.15) is 54.9 Å². The van der Waals surface area contributed by atoms with Gasteiger partial charge in [-0.15, -0.1) is 0 Å². The standard InChI is InChI=1S/C24H23FO4/c1-2-3-13-24-14-12-17(21(26)15-8-4-6-10-18(15)25)23(28)20(24)22(27)16-9-5-7-11-19(16)29-24/h4-11,26,28H,2-3,12-14H2,1H3. The van der Waals surface area contributed by atoms with Crippen LogP contribution in [0, 0.1) is 5.82 Å². The van der Waals surface area contributed by atoms with Gasteiger partial charge in [-0.2, -0.15) is 0 Å². The third kappa shape index (κ3) is 3.11. The highest BCUT2D eigenvalue weighted by Crippen LogP contribution is 2.49. The zero-order valence-electron chi connectivity index (χ0n) is 16.2. The largest absolute Gasteiger partial charge is 0.507 e. The Morgan fingerprint density at radius 2 is 1.90 bits per heavy atom. The minimum atomic E-state index is -0.940. The molecule has 0 aromatic heterocycles. The molecule has 0 saturated heterocycles. The number of unbranched alkanes of at least 4 members (excludes halogenated alkanes) is 1. The van der Waals surface area contributed by atoms with E-state index in [1.165, 1.54) is 18.2 Å². The summed E-state index contributed by atoms with van der Waals surface area (Å²) in [7, 11) is 0. The predicted octanol–water partition coefficient (Wildman–Crippen LogP) is 5.91. The van der Waals surface area contributed by atoms with Crippen LogP contribution in [-0.2, 0) is 0 Å². The van der Waals surface area contributed by atoms with E-state index < -0.39 is 11.4 Å². The molecule has 0 fully saturated rings. The van der Waals surface area contributed by atoms with Gasteiger partial charge in [0.15, 0.2) is 5.78 Å². The molecule has 150 valence electrons. The Hall–Kier alpha value is -3.08. The number of allylic oxidation sites excluding steroid dienone is 1. The first-order chi connectivity index (χ1) is 14.0. The first kappa shape index (κ1) is 19.2. The fraction of sp³-hybridized carbons (Fsp3) is 0.292. The Morgan fingerprint density at radius 3 is 2.66 bits per heavy atom. The number of rotatable bonds is 4. The maximum absolute atomic E-state index is 14.2. The van der Waals surface area contributed by atoms with Crippen LogP contribution in [0.15, 0.2) is 65.4 Å². The topological polar surface area (TPSA) is 66.8 Å². The number of fused-ring (bicyclic) bond motifs is 2. The zero-order chi connectivity index (χ0) is 20.6. The van der Waals surface area contributed by atoms with Gasteiger partial charge in [0.05, 0.1) is 16.7 Å². The van der Waals surface area contributed by atoms with Gasteiger partial charge in [-0.25, -0.2) is 4.39 Å². The molecule has 0 bridgehead atoms. The Balaban J connectivity index is 1.91. The van der Waals surface area contributed by atoms with E-state index >= 15 is 0 Å². The molecule has 2 aromatic rings. The number of hydrogen-bond donors (Lipinski definition) is 2. The lowest BCUT2D eigenvalue weighted by Gasteiger charge is -2.43. The molecule has 4 nitrogen and oxygen atoms in total. The fourth-order valence-electron chi connectivity index (χ4n) is 4.25. The van der Waals surface area contributed by atoms with Crippen LogP contribution in [0.25, 0.3) is 5.76 Å². The van der Waals surface area contributed by atoms with E-state index in [2.05, 4.69) is 6.92 Å². The van der Waals surface area contributed by atoms with Crippen LogP contribution in [-0.4, -0.2) is 21.6 Å². The van der Waals surface area contributed by atoms with E-state index in [1.807, 2.05) is 6.07 Å². The maximum Gasteiger partial charge on any atom is 0.200 e. The van der Waals surface area contributed by atoms with Gasteiger partial charge < -0.3 is 14.9 Å². The quantitative estimate of drug-likeness (QED) is 0.633. The Morgan fingerprint density at radius 1 is 1.17 bits per heavy atom. The number of para-hydroxylation sites is 1. The van der Waals surface area contributed by atoms with Gasteiger partial charge in [-0.05, 0) is 49.9 Å². The second kappa shape index (κ2) is 7.39. The monoisotopic (exact) mass is 394 g/mol. The number of Topliss-reactive ketones (excluding diaryl/α,β-unsaturated/α-hetero) is 1. The number of carbonyl (C=O) groups is 1. The van der Waals surface area contributed by atoms with Crippen molar-refractivity contribution in [3.63, 3.8) is 0 Å². The third-order valence-corrected chi connectivity index (χ3v) is 5.77. The zero-order valence-corrected chi connectivity index (χ0v) is 16.2. The van der Waals surface area contributed by atoms with Crippen molar-refractivity contribution in [3.05, 3.63) is 82.4 Å². The van der Waals surface area contributed by atoms with Gasteiger partial charge in [-0.1, -0.05) is 37.6 Å². The molecule has 1 aliphatic carbocycles. The van der Waals surface area contributed by atoms with Crippen LogP contribution in [0.5, 0.6) is 5.75 Å². The number of carbonyl (C=O) groups excluding carboxylic acids is 1. The summed E-state index contributed by atoms with van der Waals surface area (Å²) in [4.78, 5) is 13.3. The average molecular weight is 394 g/mol. The highest BCUT2D eigenvalue weighted by Gasteiger charge is 2.50. The Bertz CT molecular complexity index is 1040. The Labute approximate surface area is 169 Å². The SMILES string of the molecule is CCCCC12CCC(=C(O)c3ccccc3F)C(O)=C1C(=O)c1ccccc1O2. The van der Waals surface area contributed by atoms with Gasteiger partial charge >= 0.3 is 0 Å². The first-order valence-corrected chi connectivity index (χ1v) is 9.92. The summed E-state index contributed by atoms with van der Waals surface area (Å²) >= 11 is 0. The van der Waals surface area contributed by atoms with Crippen LogP contribution >= 0.6 is 0 Å². The Kier molecular flexibility index (Phi) is 4.91. The molecular weight excluding hydrogens is 371 g/mol. The average Bonchev–Trinajstić information content (AvgIpc) is 2.72. The predicted molar refractivity (Wildman–Crippen MR) is 108 cm³/mol. The molecule has 0 amide bonds. The molecule has 0 radical (unpaired) electrons. The number of halogens is 1. The summed E-state index contributed by atoms with van der Waals surface area (Å²) in [5.74, 6) is -1.03. The van der Waals surface area contributed by atoms with Gasteiger partial charge in [0.1, 0.15) is 28.7 Å². The van der Waals surface area contributed by atoms with Gasteiger partial charge in [-0.3, -0.25) is 4.79 Å². The number of benzene rings is 2. The van der Waals surface area contributed by atoms with Crippen LogP contribution in [0.3, 0.4) is 0 Å². The van der Waals surface area contributed by atoms with Crippen LogP contribution in [0.4, 0.5) is 4.39 Å². The maximum atomic E-state index is 14.2. The lowest BCUT2D eigenvalue weighted by atomic mass is 9.72. The van der Waals surface area contributed by atoms with Crippen molar-refractivity contribution >= 4 is 11.5 Å². The van der Waals surface area contributed by atoms with Crippen molar-refractivity contribution in [1.29, 1.82) is 0 Å². The first-order valence-electron chi connectivity index (χ1n) is 9.92. The summed E-state index contributed by atoms with van der Waals surface area (Å²) in [6.45, 7) is 2.05. The summed E-state index contributed by atoms with van der Waals surface area (Å²) in [6, 6.07) is 12.8. The number of ether oxygens (including phenoxy) is 1. The molecule has 1 heterocycles. The van der Waals surface area contributed by atoms with E-state index in [9.17, 15) is 19.4 Å².